The summed E-state index contributed by atoms with van der Waals surface area (Å²) in [7, 11) is 1.39. The van der Waals surface area contributed by atoms with Crippen LogP contribution in [0.4, 0.5) is 0 Å². The van der Waals surface area contributed by atoms with Crippen molar-refractivity contribution in [2.24, 2.45) is 5.92 Å². The minimum Gasteiger partial charge on any atom is -0.493 e. The van der Waals surface area contributed by atoms with Crippen molar-refractivity contribution < 1.29 is 38.1 Å². The molecule has 36 heavy (non-hydrogen) atoms. The topological polar surface area (TPSA) is 122 Å². The molecule has 2 aromatic rings. The molecule has 1 aromatic carbocycles. The number of nitrogens with one attached hydrogen (secondary N) is 1. The first-order valence-electron chi connectivity index (χ1n) is 11.6. The van der Waals surface area contributed by atoms with Gasteiger partial charge in [0.25, 0.3) is 5.91 Å². The number of methoxy groups -OCH3 is 1. The number of pyridine rings is 1. The lowest BCUT2D eigenvalue weighted by Crippen LogP contribution is -2.44. The van der Waals surface area contributed by atoms with Crippen molar-refractivity contribution in [3.63, 3.8) is 0 Å². The highest BCUT2D eigenvalue weighted by Crippen LogP contribution is 2.29. The number of hydrogen-bond acceptors (Lipinski definition) is 9. The second-order valence-corrected chi connectivity index (χ2v) is 8.53. The molecule has 0 aliphatic heterocycles. The molecular formula is C26H34N2O8. The number of carbonyl (C=O) groups is 3. The molecule has 0 saturated carbocycles. The highest BCUT2D eigenvalue weighted by molar-refractivity contribution is 5.98. The lowest BCUT2D eigenvalue weighted by Gasteiger charge is -2.27. The minimum atomic E-state index is -0.995. The maximum absolute atomic E-state index is 12.9. The van der Waals surface area contributed by atoms with Gasteiger partial charge in [0.05, 0.1) is 7.11 Å². The SMILES string of the molecule is COc1ccnc(C(=O)N[C@@H](C)C(=O)O[C@@H](CC(C)C)[C@@H](C)Oc2ccccc2)c1OCOC(C)=O. The molecule has 1 N–H and O–H groups in total. The first kappa shape index (κ1) is 28.4. The number of rotatable bonds is 13. The Balaban J connectivity index is 2.09. The number of amides is 1. The number of benzene rings is 1. The van der Waals surface area contributed by atoms with Crippen molar-refractivity contribution in [3.05, 3.63) is 48.3 Å². The van der Waals surface area contributed by atoms with Crippen LogP contribution in [0.25, 0.3) is 0 Å². The van der Waals surface area contributed by atoms with Crippen LogP contribution in [0.5, 0.6) is 17.2 Å². The van der Waals surface area contributed by atoms with E-state index in [1.165, 1.54) is 33.2 Å². The number of nitrogens with zero attached hydrogens (tertiary/aromatic N) is 1. The molecule has 0 saturated heterocycles. The number of para-hydroxylation sites is 1. The molecule has 1 aromatic heterocycles. The Labute approximate surface area is 211 Å². The maximum Gasteiger partial charge on any atom is 0.328 e. The highest BCUT2D eigenvalue weighted by Gasteiger charge is 2.29. The molecule has 0 aliphatic carbocycles. The van der Waals surface area contributed by atoms with E-state index >= 15 is 0 Å². The van der Waals surface area contributed by atoms with Gasteiger partial charge in [0.2, 0.25) is 6.79 Å². The van der Waals surface area contributed by atoms with Gasteiger partial charge in [0.15, 0.2) is 17.2 Å². The Morgan fingerprint density at radius 1 is 1.03 bits per heavy atom. The van der Waals surface area contributed by atoms with Crippen LogP contribution < -0.4 is 19.5 Å². The van der Waals surface area contributed by atoms with Crippen LogP contribution in [-0.2, 0) is 19.1 Å². The smallest absolute Gasteiger partial charge is 0.328 e. The van der Waals surface area contributed by atoms with Crippen molar-refractivity contribution in [2.45, 2.75) is 59.3 Å². The highest BCUT2D eigenvalue weighted by atomic mass is 16.7. The molecule has 196 valence electrons. The van der Waals surface area contributed by atoms with Crippen LogP contribution in [0.2, 0.25) is 0 Å². The van der Waals surface area contributed by atoms with E-state index in [2.05, 4.69) is 10.3 Å². The fourth-order valence-corrected chi connectivity index (χ4v) is 3.23. The van der Waals surface area contributed by atoms with Gasteiger partial charge >= 0.3 is 11.9 Å². The molecule has 3 atom stereocenters. The molecule has 0 radical (unpaired) electrons. The predicted octanol–water partition coefficient (Wildman–Crippen LogP) is 3.53. The molecule has 0 unspecified atom stereocenters. The Morgan fingerprint density at radius 3 is 2.33 bits per heavy atom. The normalized spacial score (nSPS) is 13.2. The Morgan fingerprint density at radius 2 is 1.72 bits per heavy atom. The van der Waals surface area contributed by atoms with E-state index in [1.807, 2.05) is 51.1 Å². The van der Waals surface area contributed by atoms with Gasteiger partial charge in [0, 0.05) is 19.2 Å². The van der Waals surface area contributed by atoms with Crippen LogP contribution in [0.1, 0.15) is 51.5 Å². The van der Waals surface area contributed by atoms with Gasteiger partial charge in [-0.1, -0.05) is 32.0 Å². The molecule has 2 rings (SSSR count). The van der Waals surface area contributed by atoms with E-state index in [0.717, 1.165) is 0 Å². The molecule has 10 heteroatoms. The average Bonchev–Trinajstić information content (AvgIpc) is 2.83. The Bertz CT molecular complexity index is 1010. The fourth-order valence-electron chi connectivity index (χ4n) is 3.23. The summed E-state index contributed by atoms with van der Waals surface area (Å²) in [6, 6.07) is 9.76. The van der Waals surface area contributed by atoms with Crippen LogP contribution in [0.3, 0.4) is 0 Å². The minimum absolute atomic E-state index is 0.0260. The summed E-state index contributed by atoms with van der Waals surface area (Å²) in [4.78, 5) is 40.9. The predicted molar refractivity (Wildman–Crippen MR) is 131 cm³/mol. The van der Waals surface area contributed by atoms with Crippen LogP contribution >= 0.6 is 0 Å². The van der Waals surface area contributed by atoms with Crippen molar-refractivity contribution >= 4 is 17.8 Å². The Hall–Kier alpha value is -3.82. The number of hydrogen-bond donors (Lipinski definition) is 1. The summed E-state index contributed by atoms with van der Waals surface area (Å²) in [5, 5.41) is 2.57. The fraction of sp³-hybridized carbons (Fsp3) is 0.462. The quantitative estimate of drug-likeness (QED) is 0.324. The maximum atomic E-state index is 12.9. The van der Waals surface area contributed by atoms with Crippen LogP contribution in [-0.4, -0.2) is 55.0 Å². The van der Waals surface area contributed by atoms with Gasteiger partial charge in [-0.25, -0.2) is 9.78 Å². The van der Waals surface area contributed by atoms with Gasteiger partial charge in [-0.2, -0.15) is 0 Å². The van der Waals surface area contributed by atoms with Gasteiger partial charge in [0.1, 0.15) is 24.0 Å². The van der Waals surface area contributed by atoms with Crippen molar-refractivity contribution in [2.75, 3.05) is 13.9 Å². The third-order valence-electron chi connectivity index (χ3n) is 5.03. The van der Waals surface area contributed by atoms with Crippen molar-refractivity contribution in [1.82, 2.24) is 10.3 Å². The van der Waals surface area contributed by atoms with Crippen molar-refractivity contribution in [3.8, 4) is 17.2 Å². The van der Waals surface area contributed by atoms with E-state index in [9.17, 15) is 14.4 Å². The van der Waals surface area contributed by atoms with E-state index < -0.39 is 42.9 Å². The van der Waals surface area contributed by atoms with Gasteiger partial charge in [-0.15, -0.1) is 0 Å². The van der Waals surface area contributed by atoms with Crippen molar-refractivity contribution in [1.29, 1.82) is 0 Å². The molecule has 0 fully saturated rings. The zero-order valence-electron chi connectivity index (χ0n) is 21.5. The van der Waals surface area contributed by atoms with Crippen LogP contribution in [0, 0.1) is 5.92 Å². The third kappa shape index (κ3) is 8.75. The molecule has 1 amide bonds. The van der Waals surface area contributed by atoms with E-state index in [4.69, 9.17) is 23.7 Å². The monoisotopic (exact) mass is 502 g/mol. The first-order chi connectivity index (χ1) is 17.1. The molecule has 10 nitrogen and oxygen atoms in total. The second-order valence-electron chi connectivity index (χ2n) is 8.53. The van der Waals surface area contributed by atoms with Gasteiger partial charge < -0.3 is 29.0 Å². The number of carbonyl (C=O) groups excluding carboxylic acids is 3. The number of ether oxygens (including phenoxy) is 5. The first-order valence-corrected chi connectivity index (χ1v) is 11.6. The molecule has 1 heterocycles. The summed E-state index contributed by atoms with van der Waals surface area (Å²) in [6.45, 7) is 8.17. The van der Waals surface area contributed by atoms with E-state index in [0.29, 0.717) is 12.2 Å². The largest absolute Gasteiger partial charge is 0.493 e. The summed E-state index contributed by atoms with van der Waals surface area (Å²) in [5.74, 6) is -0.771. The number of esters is 2. The zero-order chi connectivity index (χ0) is 26.7. The average molecular weight is 503 g/mol. The molecular weight excluding hydrogens is 468 g/mol. The van der Waals surface area contributed by atoms with Gasteiger partial charge in [-0.05, 0) is 38.3 Å². The Kier molecular flexibility index (Phi) is 11.0. The molecule has 0 bridgehead atoms. The lowest BCUT2D eigenvalue weighted by molar-refractivity contribution is -0.156. The second kappa shape index (κ2) is 13.9. The van der Waals surface area contributed by atoms with E-state index in [1.54, 1.807) is 0 Å². The molecule has 0 aliphatic rings. The standard InChI is InChI=1S/C26H34N2O8/c1-16(2)14-22(18(4)35-20-10-8-7-9-11-20)36-26(31)17(3)28-25(30)23-24(34-15-33-19(5)29)21(32-6)12-13-27-23/h7-13,16-18,22H,14-15H2,1-6H3,(H,28,30)/t17-,18+,22-/m0/s1. The summed E-state index contributed by atoms with van der Waals surface area (Å²) in [5.41, 5.74) is -0.138. The number of aromatic nitrogens is 1. The zero-order valence-corrected chi connectivity index (χ0v) is 21.5. The van der Waals surface area contributed by atoms with Crippen LogP contribution in [0.15, 0.2) is 42.6 Å². The summed E-state index contributed by atoms with van der Waals surface area (Å²) in [6.07, 6.45) is 0.987. The molecule has 0 spiro atoms. The van der Waals surface area contributed by atoms with E-state index in [-0.39, 0.29) is 23.1 Å². The summed E-state index contributed by atoms with van der Waals surface area (Å²) >= 11 is 0. The lowest BCUT2D eigenvalue weighted by atomic mass is 10.0. The van der Waals surface area contributed by atoms with Gasteiger partial charge in [-0.3, -0.25) is 9.59 Å². The summed E-state index contributed by atoms with van der Waals surface area (Å²) < 4.78 is 27.1. The third-order valence-corrected chi connectivity index (χ3v) is 5.03.